The minimum atomic E-state index is -0.609. The Morgan fingerprint density at radius 1 is 1.36 bits per heavy atom. The van der Waals surface area contributed by atoms with Gasteiger partial charge in [0.2, 0.25) is 11.8 Å². The Labute approximate surface area is 147 Å². The number of amides is 4. The zero-order chi connectivity index (χ0) is 18.2. The van der Waals surface area contributed by atoms with E-state index in [0.717, 1.165) is 18.5 Å². The minimum absolute atomic E-state index is 0.119. The Balaban J connectivity index is 1.96. The van der Waals surface area contributed by atoms with Crippen molar-refractivity contribution in [1.29, 1.82) is 0 Å². The van der Waals surface area contributed by atoms with Gasteiger partial charge in [0.25, 0.3) is 0 Å². The van der Waals surface area contributed by atoms with Gasteiger partial charge in [0.1, 0.15) is 6.04 Å². The normalized spacial score (nSPS) is 15.2. The summed E-state index contributed by atoms with van der Waals surface area (Å²) in [5.74, 6) is -0.325. The summed E-state index contributed by atoms with van der Waals surface area (Å²) in [4.78, 5) is 37.3. The Hall–Kier alpha value is -2.83. The number of hydrogen-bond donors (Lipinski definition) is 3. The largest absolute Gasteiger partial charge is 0.374 e. The molecule has 134 valence electrons. The lowest BCUT2D eigenvalue weighted by Crippen LogP contribution is -2.45. The number of imide groups is 1. The van der Waals surface area contributed by atoms with E-state index in [9.17, 15) is 14.4 Å². The standard InChI is InChI=1S/C18H24N4O3/c1-3-10-19-18(25)21-17(24)13(2)20-14-7-6-8-15(12-14)22-11-5-4-9-16(22)23/h3,6-8,12-13,20H,1,4-5,9-11H2,2H3,(H2,19,21,24,25). The number of rotatable bonds is 6. The summed E-state index contributed by atoms with van der Waals surface area (Å²) < 4.78 is 0. The number of nitrogens with zero attached hydrogens (tertiary/aromatic N) is 1. The van der Waals surface area contributed by atoms with Gasteiger partial charge in [-0.25, -0.2) is 4.79 Å². The quantitative estimate of drug-likeness (QED) is 0.689. The van der Waals surface area contributed by atoms with Crippen molar-refractivity contribution >= 4 is 29.2 Å². The zero-order valence-corrected chi connectivity index (χ0v) is 14.4. The zero-order valence-electron chi connectivity index (χ0n) is 14.4. The third-order valence-electron chi connectivity index (χ3n) is 3.90. The fraction of sp³-hybridized carbons (Fsp3) is 0.389. The minimum Gasteiger partial charge on any atom is -0.374 e. The summed E-state index contributed by atoms with van der Waals surface area (Å²) in [5.41, 5.74) is 1.52. The second-order valence-corrected chi connectivity index (χ2v) is 5.91. The van der Waals surface area contributed by atoms with E-state index in [0.29, 0.717) is 18.7 Å². The van der Waals surface area contributed by atoms with Gasteiger partial charge in [-0.15, -0.1) is 6.58 Å². The first-order valence-electron chi connectivity index (χ1n) is 8.38. The first kappa shape index (κ1) is 18.5. The van der Waals surface area contributed by atoms with Gasteiger partial charge in [-0.05, 0) is 38.0 Å². The predicted molar refractivity (Wildman–Crippen MR) is 97.5 cm³/mol. The van der Waals surface area contributed by atoms with Gasteiger partial charge in [0, 0.05) is 30.9 Å². The SMILES string of the molecule is C=CCNC(=O)NC(=O)C(C)Nc1cccc(N2CCCCC2=O)c1. The predicted octanol–water partition coefficient (Wildman–Crippen LogP) is 2.02. The van der Waals surface area contributed by atoms with Crippen LogP contribution in [0.15, 0.2) is 36.9 Å². The first-order valence-corrected chi connectivity index (χ1v) is 8.38. The van der Waals surface area contributed by atoms with Gasteiger partial charge in [-0.3, -0.25) is 14.9 Å². The van der Waals surface area contributed by atoms with Crippen LogP contribution in [-0.4, -0.2) is 37.0 Å². The molecule has 0 bridgehead atoms. The number of urea groups is 1. The molecule has 7 nitrogen and oxygen atoms in total. The summed E-state index contributed by atoms with van der Waals surface area (Å²) >= 11 is 0. The van der Waals surface area contributed by atoms with Crippen LogP contribution in [0.25, 0.3) is 0 Å². The van der Waals surface area contributed by atoms with E-state index in [1.54, 1.807) is 11.8 Å². The Morgan fingerprint density at radius 2 is 2.16 bits per heavy atom. The molecule has 1 aliphatic heterocycles. The Kier molecular flexibility index (Phi) is 6.56. The molecule has 0 saturated carbocycles. The molecule has 0 aromatic heterocycles. The maximum atomic E-state index is 12.0. The summed E-state index contributed by atoms with van der Waals surface area (Å²) in [6, 6.07) is 6.20. The van der Waals surface area contributed by atoms with Gasteiger partial charge >= 0.3 is 6.03 Å². The van der Waals surface area contributed by atoms with E-state index in [1.165, 1.54) is 6.08 Å². The van der Waals surface area contributed by atoms with Gasteiger partial charge in [-0.2, -0.15) is 0 Å². The Morgan fingerprint density at radius 3 is 2.88 bits per heavy atom. The molecule has 1 heterocycles. The highest BCUT2D eigenvalue weighted by molar-refractivity contribution is 5.98. The molecular formula is C18H24N4O3. The second-order valence-electron chi connectivity index (χ2n) is 5.91. The van der Waals surface area contributed by atoms with E-state index < -0.39 is 18.0 Å². The highest BCUT2D eigenvalue weighted by atomic mass is 16.2. The maximum absolute atomic E-state index is 12.0. The molecule has 0 radical (unpaired) electrons. The fourth-order valence-corrected chi connectivity index (χ4v) is 2.59. The molecule has 1 unspecified atom stereocenters. The van der Waals surface area contributed by atoms with Crippen molar-refractivity contribution in [2.24, 2.45) is 0 Å². The van der Waals surface area contributed by atoms with Gasteiger partial charge in [0.15, 0.2) is 0 Å². The molecule has 4 amide bonds. The first-order chi connectivity index (χ1) is 12.0. The Bertz CT molecular complexity index is 659. The van der Waals surface area contributed by atoms with Gasteiger partial charge in [-0.1, -0.05) is 12.1 Å². The molecule has 25 heavy (non-hydrogen) atoms. The van der Waals surface area contributed by atoms with Crippen molar-refractivity contribution in [3.05, 3.63) is 36.9 Å². The number of carbonyl (C=O) groups excluding carboxylic acids is 3. The maximum Gasteiger partial charge on any atom is 0.321 e. The van der Waals surface area contributed by atoms with Crippen LogP contribution in [0, 0.1) is 0 Å². The van der Waals surface area contributed by atoms with Gasteiger partial charge in [0.05, 0.1) is 0 Å². The number of benzene rings is 1. The fourth-order valence-electron chi connectivity index (χ4n) is 2.59. The lowest BCUT2D eigenvalue weighted by Gasteiger charge is -2.27. The number of hydrogen-bond acceptors (Lipinski definition) is 4. The van der Waals surface area contributed by atoms with Crippen LogP contribution >= 0.6 is 0 Å². The molecular weight excluding hydrogens is 320 g/mol. The van der Waals surface area contributed by atoms with E-state index in [2.05, 4.69) is 22.5 Å². The molecule has 0 aliphatic carbocycles. The second kappa shape index (κ2) is 8.86. The number of piperidine rings is 1. The molecule has 1 fully saturated rings. The number of nitrogens with one attached hydrogen (secondary N) is 3. The van der Waals surface area contributed by atoms with E-state index >= 15 is 0 Å². The van der Waals surface area contributed by atoms with Crippen LogP contribution in [0.3, 0.4) is 0 Å². The van der Waals surface area contributed by atoms with Crippen molar-refractivity contribution < 1.29 is 14.4 Å². The van der Waals surface area contributed by atoms with Crippen LogP contribution in [-0.2, 0) is 9.59 Å². The van der Waals surface area contributed by atoms with Crippen molar-refractivity contribution in [3.8, 4) is 0 Å². The summed E-state index contributed by atoms with van der Waals surface area (Å²) in [7, 11) is 0. The average Bonchev–Trinajstić information content (AvgIpc) is 2.60. The topological polar surface area (TPSA) is 90.5 Å². The van der Waals surface area contributed by atoms with Crippen LogP contribution in [0.5, 0.6) is 0 Å². The molecule has 1 aromatic carbocycles. The van der Waals surface area contributed by atoms with E-state index in [4.69, 9.17) is 0 Å². The molecule has 3 N–H and O–H groups in total. The van der Waals surface area contributed by atoms with Crippen molar-refractivity contribution in [1.82, 2.24) is 10.6 Å². The smallest absolute Gasteiger partial charge is 0.321 e. The summed E-state index contributed by atoms with van der Waals surface area (Å²) in [6.07, 6.45) is 4.01. The van der Waals surface area contributed by atoms with Crippen molar-refractivity contribution in [3.63, 3.8) is 0 Å². The average molecular weight is 344 g/mol. The molecule has 0 spiro atoms. The number of anilines is 2. The molecule has 1 aliphatic rings. The highest BCUT2D eigenvalue weighted by Crippen LogP contribution is 2.24. The van der Waals surface area contributed by atoms with Crippen molar-refractivity contribution in [2.45, 2.75) is 32.2 Å². The van der Waals surface area contributed by atoms with E-state index in [1.807, 2.05) is 24.3 Å². The lowest BCUT2D eigenvalue weighted by atomic mass is 10.1. The highest BCUT2D eigenvalue weighted by Gasteiger charge is 2.20. The van der Waals surface area contributed by atoms with Crippen LogP contribution in [0.2, 0.25) is 0 Å². The van der Waals surface area contributed by atoms with Crippen molar-refractivity contribution in [2.75, 3.05) is 23.3 Å². The third-order valence-corrected chi connectivity index (χ3v) is 3.90. The van der Waals surface area contributed by atoms with Gasteiger partial charge < -0.3 is 15.5 Å². The third kappa shape index (κ3) is 5.34. The van der Waals surface area contributed by atoms with Crippen LogP contribution in [0.1, 0.15) is 26.2 Å². The monoisotopic (exact) mass is 344 g/mol. The lowest BCUT2D eigenvalue weighted by molar-refractivity contribution is -0.120. The number of carbonyl (C=O) groups is 3. The summed E-state index contributed by atoms with van der Waals surface area (Å²) in [5, 5.41) is 7.78. The molecule has 1 aromatic rings. The van der Waals surface area contributed by atoms with E-state index in [-0.39, 0.29) is 12.5 Å². The van der Waals surface area contributed by atoms with Crippen LogP contribution in [0.4, 0.5) is 16.2 Å². The molecule has 2 rings (SSSR count). The molecule has 1 atom stereocenters. The molecule has 1 saturated heterocycles. The molecule has 7 heteroatoms. The van der Waals surface area contributed by atoms with Crippen LogP contribution < -0.4 is 20.9 Å². The summed E-state index contributed by atoms with van der Waals surface area (Å²) in [6.45, 7) is 6.14.